The molecule has 1 aliphatic carbocycles. The fraction of sp³-hybridized carbons (Fsp3) is 0.929. The van der Waals surface area contributed by atoms with Crippen LogP contribution in [0.4, 0.5) is 0 Å². The molecule has 3 heteroatoms. The minimum absolute atomic E-state index is 0.297. The fourth-order valence-corrected chi connectivity index (χ4v) is 2.07. The summed E-state index contributed by atoms with van der Waals surface area (Å²) in [5, 5.41) is 6.24. The second-order valence-corrected chi connectivity index (χ2v) is 5.93. The Balaban J connectivity index is 0.000000317. The first-order valence-electron chi connectivity index (χ1n) is 7.10. The summed E-state index contributed by atoms with van der Waals surface area (Å²) >= 11 is 0. The Morgan fingerprint density at radius 3 is 2.06 bits per heavy atom. The van der Waals surface area contributed by atoms with Crippen LogP contribution < -0.4 is 10.6 Å². The van der Waals surface area contributed by atoms with Gasteiger partial charge in [-0.2, -0.15) is 0 Å². The number of rotatable bonds is 2. The molecule has 0 aromatic carbocycles. The Labute approximate surface area is 106 Å². The molecular weight excluding hydrogens is 212 g/mol. The van der Waals surface area contributed by atoms with Crippen molar-refractivity contribution in [3.63, 3.8) is 0 Å². The lowest BCUT2D eigenvalue weighted by molar-refractivity contribution is -0.127. The quantitative estimate of drug-likeness (QED) is 0.777. The fourth-order valence-electron chi connectivity index (χ4n) is 2.07. The van der Waals surface area contributed by atoms with Crippen LogP contribution in [0, 0.1) is 11.8 Å². The average Bonchev–Trinajstić information content (AvgIpc) is 2.24. The Bertz CT molecular complexity index is 216. The molecule has 17 heavy (non-hydrogen) atoms. The van der Waals surface area contributed by atoms with Gasteiger partial charge < -0.3 is 10.6 Å². The van der Waals surface area contributed by atoms with Gasteiger partial charge in [-0.15, -0.1) is 0 Å². The molecule has 1 amide bonds. The molecule has 3 nitrogen and oxygen atoms in total. The molecule has 2 rings (SSSR count). The van der Waals surface area contributed by atoms with Gasteiger partial charge in [0.05, 0.1) is 6.04 Å². The third-order valence-corrected chi connectivity index (χ3v) is 3.10. The molecule has 1 saturated carbocycles. The smallest absolute Gasteiger partial charge is 0.223 e. The minimum Gasteiger partial charge on any atom is -0.351 e. The molecule has 1 aliphatic heterocycles. The lowest BCUT2D eigenvalue weighted by atomic mass is 9.88. The number of carbonyl (C=O) groups is 1. The normalized spacial score (nSPS) is 21.4. The maximum absolute atomic E-state index is 11.7. The van der Waals surface area contributed by atoms with Gasteiger partial charge in [0.2, 0.25) is 5.91 Å². The van der Waals surface area contributed by atoms with Crippen molar-refractivity contribution in [2.45, 2.75) is 58.9 Å². The van der Waals surface area contributed by atoms with Crippen LogP contribution in [0.5, 0.6) is 0 Å². The van der Waals surface area contributed by atoms with E-state index in [1.165, 1.54) is 19.3 Å². The van der Waals surface area contributed by atoms with E-state index in [1.54, 1.807) is 0 Å². The summed E-state index contributed by atoms with van der Waals surface area (Å²) in [5.41, 5.74) is 0. The molecule has 1 heterocycles. The summed E-state index contributed by atoms with van der Waals surface area (Å²) in [6.07, 6.45) is 5.99. The molecular formula is C14H28N2O. The number of carbonyl (C=O) groups excluding carboxylic acids is 1. The van der Waals surface area contributed by atoms with E-state index in [9.17, 15) is 4.79 Å². The van der Waals surface area contributed by atoms with Crippen molar-refractivity contribution in [3.8, 4) is 0 Å². The number of amides is 1. The predicted octanol–water partition coefficient (Wildman–Crippen LogP) is 2.32. The van der Waals surface area contributed by atoms with Crippen molar-refractivity contribution < 1.29 is 4.79 Å². The maximum atomic E-state index is 11.7. The van der Waals surface area contributed by atoms with Crippen LogP contribution in [-0.2, 0) is 4.79 Å². The van der Waals surface area contributed by atoms with Gasteiger partial charge >= 0.3 is 0 Å². The summed E-state index contributed by atoms with van der Waals surface area (Å²) < 4.78 is 0. The first-order valence-corrected chi connectivity index (χ1v) is 7.10. The second kappa shape index (κ2) is 7.70. The van der Waals surface area contributed by atoms with Gasteiger partial charge in [-0.05, 0) is 18.8 Å². The summed E-state index contributed by atoms with van der Waals surface area (Å²) in [7, 11) is 0. The molecule has 0 bridgehead atoms. The largest absolute Gasteiger partial charge is 0.351 e. The average molecular weight is 240 g/mol. The van der Waals surface area contributed by atoms with Crippen LogP contribution in [0.15, 0.2) is 0 Å². The molecule has 1 saturated heterocycles. The van der Waals surface area contributed by atoms with Crippen LogP contribution >= 0.6 is 0 Å². The van der Waals surface area contributed by atoms with E-state index in [2.05, 4.69) is 31.4 Å². The van der Waals surface area contributed by atoms with Crippen LogP contribution in [0.3, 0.4) is 0 Å². The third-order valence-electron chi connectivity index (χ3n) is 3.10. The number of hydrogen-bond donors (Lipinski definition) is 2. The standard InChI is InChI=1S/C10H18N2O.C4H10/c13-10(12-9-6-11-7-9)8-4-2-1-3-5-8;1-4(2)3/h8-9,11H,1-7H2,(H,12,13);4H,1-3H3. The van der Waals surface area contributed by atoms with Gasteiger partial charge in [-0.3, -0.25) is 4.79 Å². The Morgan fingerprint density at radius 1 is 1.12 bits per heavy atom. The monoisotopic (exact) mass is 240 g/mol. The van der Waals surface area contributed by atoms with Crippen molar-refractivity contribution >= 4 is 5.91 Å². The molecule has 2 aliphatic rings. The van der Waals surface area contributed by atoms with Crippen LogP contribution in [0.2, 0.25) is 0 Å². The van der Waals surface area contributed by atoms with E-state index in [0.717, 1.165) is 31.8 Å². The lowest BCUT2D eigenvalue weighted by Gasteiger charge is -2.30. The number of nitrogens with one attached hydrogen (secondary N) is 2. The highest BCUT2D eigenvalue weighted by molar-refractivity contribution is 5.79. The first-order chi connectivity index (χ1) is 8.09. The summed E-state index contributed by atoms with van der Waals surface area (Å²) in [5.74, 6) is 1.44. The molecule has 0 spiro atoms. The highest BCUT2D eigenvalue weighted by Crippen LogP contribution is 2.23. The van der Waals surface area contributed by atoms with Crippen molar-refractivity contribution in [3.05, 3.63) is 0 Å². The Morgan fingerprint density at radius 2 is 1.65 bits per heavy atom. The van der Waals surface area contributed by atoms with Gasteiger partial charge in [0.15, 0.2) is 0 Å². The molecule has 0 unspecified atom stereocenters. The minimum atomic E-state index is 0.297. The molecule has 0 aromatic rings. The topological polar surface area (TPSA) is 41.1 Å². The first kappa shape index (κ1) is 14.5. The van der Waals surface area contributed by atoms with Gasteiger partial charge in [0.25, 0.3) is 0 Å². The van der Waals surface area contributed by atoms with Crippen LogP contribution in [0.1, 0.15) is 52.9 Å². The molecule has 100 valence electrons. The zero-order valence-corrected chi connectivity index (χ0v) is 11.6. The molecule has 0 aromatic heterocycles. The van der Waals surface area contributed by atoms with E-state index in [0.29, 0.717) is 17.9 Å². The highest BCUT2D eigenvalue weighted by atomic mass is 16.2. The molecule has 2 fully saturated rings. The lowest BCUT2D eigenvalue weighted by Crippen LogP contribution is -2.58. The molecule has 0 atom stereocenters. The Hall–Kier alpha value is -0.570. The van der Waals surface area contributed by atoms with Gasteiger partial charge in [0.1, 0.15) is 0 Å². The number of hydrogen-bond acceptors (Lipinski definition) is 2. The predicted molar refractivity (Wildman–Crippen MR) is 71.9 cm³/mol. The zero-order valence-electron chi connectivity index (χ0n) is 11.6. The van der Waals surface area contributed by atoms with Gasteiger partial charge in [0, 0.05) is 19.0 Å². The molecule has 0 radical (unpaired) electrons. The van der Waals surface area contributed by atoms with E-state index in [1.807, 2.05) is 0 Å². The highest BCUT2D eigenvalue weighted by Gasteiger charge is 2.25. The SMILES string of the molecule is CC(C)C.O=C(NC1CNC1)C1CCCCC1. The van der Waals surface area contributed by atoms with Crippen molar-refractivity contribution in [1.29, 1.82) is 0 Å². The van der Waals surface area contributed by atoms with Crippen LogP contribution in [0.25, 0.3) is 0 Å². The van der Waals surface area contributed by atoms with E-state index in [4.69, 9.17) is 0 Å². The Kier molecular flexibility index (Phi) is 6.56. The summed E-state index contributed by atoms with van der Waals surface area (Å²) in [6, 6.07) is 0.412. The van der Waals surface area contributed by atoms with E-state index in [-0.39, 0.29) is 0 Å². The second-order valence-electron chi connectivity index (χ2n) is 5.93. The summed E-state index contributed by atoms with van der Waals surface area (Å²) in [4.78, 5) is 11.7. The van der Waals surface area contributed by atoms with E-state index >= 15 is 0 Å². The van der Waals surface area contributed by atoms with Crippen molar-refractivity contribution in [1.82, 2.24) is 10.6 Å². The van der Waals surface area contributed by atoms with Gasteiger partial charge in [-0.1, -0.05) is 40.0 Å². The molecule has 2 N–H and O–H groups in total. The van der Waals surface area contributed by atoms with E-state index < -0.39 is 0 Å². The zero-order chi connectivity index (χ0) is 12.7. The maximum Gasteiger partial charge on any atom is 0.223 e. The van der Waals surface area contributed by atoms with Crippen LogP contribution in [-0.4, -0.2) is 25.0 Å². The third kappa shape index (κ3) is 6.06. The summed E-state index contributed by atoms with van der Waals surface area (Å²) in [6.45, 7) is 8.41. The van der Waals surface area contributed by atoms with Crippen molar-refractivity contribution in [2.24, 2.45) is 11.8 Å². The van der Waals surface area contributed by atoms with Crippen molar-refractivity contribution in [2.75, 3.05) is 13.1 Å². The van der Waals surface area contributed by atoms with Gasteiger partial charge in [-0.25, -0.2) is 0 Å².